The van der Waals surface area contributed by atoms with Gasteiger partial charge < -0.3 is 16.0 Å². The molecule has 4 aromatic carbocycles. The van der Waals surface area contributed by atoms with Crippen molar-refractivity contribution in [3.63, 3.8) is 0 Å². The average molecular weight is 570 g/mol. The van der Waals surface area contributed by atoms with Gasteiger partial charge in [-0.25, -0.2) is 0 Å². The Morgan fingerprint density at radius 2 is 1.55 bits per heavy atom. The van der Waals surface area contributed by atoms with Gasteiger partial charge >= 0.3 is 0 Å². The molecule has 8 heteroatoms. The summed E-state index contributed by atoms with van der Waals surface area (Å²) < 4.78 is 0. The third kappa shape index (κ3) is 8.09. The Balaban J connectivity index is 1.48. The monoisotopic (exact) mass is 569 g/mol. The summed E-state index contributed by atoms with van der Waals surface area (Å²) in [6, 6.07) is 30.4. The van der Waals surface area contributed by atoms with Gasteiger partial charge in [-0.05, 0) is 79.6 Å². The van der Waals surface area contributed by atoms with Gasteiger partial charge in [0.2, 0.25) is 5.91 Å². The van der Waals surface area contributed by atoms with Crippen LogP contribution in [0.25, 0.3) is 6.08 Å². The van der Waals surface area contributed by atoms with Gasteiger partial charge in [-0.15, -0.1) is 11.8 Å². The molecule has 40 heavy (non-hydrogen) atoms. The van der Waals surface area contributed by atoms with Crippen LogP contribution >= 0.6 is 23.4 Å². The van der Waals surface area contributed by atoms with Gasteiger partial charge in [0.05, 0.1) is 5.25 Å². The molecule has 0 radical (unpaired) electrons. The second-order valence-corrected chi connectivity index (χ2v) is 10.8. The van der Waals surface area contributed by atoms with E-state index in [1.165, 1.54) is 11.8 Å². The van der Waals surface area contributed by atoms with Crippen molar-refractivity contribution in [3.8, 4) is 0 Å². The van der Waals surface area contributed by atoms with Crippen molar-refractivity contribution in [2.75, 3.05) is 10.6 Å². The molecule has 1 unspecified atom stereocenters. The van der Waals surface area contributed by atoms with Crippen LogP contribution in [0, 0.1) is 6.92 Å². The molecule has 0 heterocycles. The summed E-state index contributed by atoms with van der Waals surface area (Å²) in [5, 5.41) is 8.67. The van der Waals surface area contributed by atoms with E-state index in [-0.39, 0.29) is 16.9 Å². The van der Waals surface area contributed by atoms with Crippen LogP contribution in [0.4, 0.5) is 11.4 Å². The van der Waals surface area contributed by atoms with Gasteiger partial charge in [0.1, 0.15) is 5.70 Å². The molecule has 0 spiro atoms. The summed E-state index contributed by atoms with van der Waals surface area (Å²) in [5.41, 5.74) is 3.41. The Morgan fingerprint density at radius 3 is 2.30 bits per heavy atom. The van der Waals surface area contributed by atoms with Crippen molar-refractivity contribution in [1.29, 1.82) is 0 Å². The zero-order chi connectivity index (χ0) is 28.5. The van der Waals surface area contributed by atoms with Crippen LogP contribution in [0.5, 0.6) is 0 Å². The van der Waals surface area contributed by atoms with E-state index in [0.29, 0.717) is 21.8 Å². The van der Waals surface area contributed by atoms with Crippen LogP contribution < -0.4 is 16.0 Å². The third-order valence-corrected chi connectivity index (χ3v) is 7.19. The highest BCUT2D eigenvalue weighted by molar-refractivity contribution is 8.00. The third-order valence-electron chi connectivity index (χ3n) is 5.87. The molecule has 0 bridgehead atoms. The van der Waals surface area contributed by atoms with Crippen LogP contribution in [0.15, 0.2) is 114 Å². The van der Waals surface area contributed by atoms with Gasteiger partial charge in [-0.2, -0.15) is 0 Å². The Labute approximate surface area is 242 Å². The molecule has 4 rings (SSSR count). The predicted octanol–water partition coefficient (Wildman–Crippen LogP) is 7.18. The van der Waals surface area contributed by atoms with Gasteiger partial charge in [0.15, 0.2) is 0 Å². The number of nitrogens with one attached hydrogen (secondary N) is 3. The maximum Gasteiger partial charge on any atom is 0.272 e. The Hall–Kier alpha value is -4.33. The van der Waals surface area contributed by atoms with E-state index >= 15 is 0 Å². The first kappa shape index (κ1) is 28.7. The average Bonchev–Trinajstić information content (AvgIpc) is 2.94. The van der Waals surface area contributed by atoms with E-state index < -0.39 is 11.8 Å². The smallest absolute Gasteiger partial charge is 0.272 e. The van der Waals surface area contributed by atoms with E-state index in [9.17, 15) is 14.4 Å². The Morgan fingerprint density at radius 1 is 0.825 bits per heavy atom. The first-order valence-electron chi connectivity index (χ1n) is 12.6. The van der Waals surface area contributed by atoms with E-state index in [4.69, 9.17) is 11.6 Å². The second-order valence-electron chi connectivity index (χ2n) is 8.98. The highest BCUT2D eigenvalue weighted by Crippen LogP contribution is 2.27. The number of hydrogen-bond donors (Lipinski definition) is 3. The van der Waals surface area contributed by atoms with Crippen molar-refractivity contribution in [3.05, 3.63) is 131 Å². The summed E-state index contributed by atoms with van der Waals surface area (Å²) in [4.78, 5) is 39.8. The summed E-state index contributed by atoms with van der Waals surface area (Å²) in [7, 11) is 0. The summed E-state index contributed by atoms with van der Waals surface area (Å²) in [6.45, 7) is 3.77. The molecule has 4 aromatic rings. The van der Waals surface area contributed by atoms with E-state index in [1.54, 1.807) is 72.8 Å². The molecule has 3 amide bonds. The van der Waals surface area contributed by atoms with E-state index in [1.807, 2.05) is 50.2 Å². The molecular formula is C32H28ClN3O3S. The van der Waals surface area contributed by atoms with Crippen LogP contribution in [0.1, 0.15) is 28.4 Å². The van der Waals surface area contributed by atoms with Crippen LogP contribution in [-0.2, 0) is 9.59 Å². The molecule has 0 aliphatic carbocycles. The number of amides is 3. The number of hydrogen-bond acceptors (Lipinski definition) is 4. The van der Waals surface area contributed by atoms with Crippen molar-refractivity contribution >= 4 is 58.5 Å². The zero-order valence-electron chi connectivity index (χ0n) is 22.0. The highest BCUT2D eigenvalue weighted by Gasteiger charge is 2.18. The lowest BCUT2D eigenvalue weighted by atomic mass is 10.1. The SMILES string of the molecule is Cc1ccccc1NC(=O)C(C)Sc1cccc(NC(=O)/C(=C/c2cccc(Cl)c2)NC(=O)c2ccccc2)c1. The fourth-order valence-corrected chi connectivity index (χ4v) is 4.88. The number of aryl methyl sites for hydroxylation is 1. The molecule has 0 aliphatic heterocycles. The fraction of sp³-hybridized carbons (Fsp3) is 0.0938. The first-order chi connectivity index (χ1) is 19.3. The van der Waals surface area contributed by atoms with Crippen molar-refractivity contribution < 1.29 is 14.4 Å². The van der Waals surface area contributed by atoms with E-state index in [0.717, 1.165) is 16.1 Å². The first-order valence-corrected chi connectivity index (χ1v) is 13.8. The minimum atomic E-state index is -0.503. The largest absolute Gasteiger partial charge is 0.325 e. The molecule has 3 N–H and O–H groups in total. The van der Waals surface area contributed by atoms with Gasteiger partial charge in [0, 0.05) is 26.9 Å². The summed E-state index contributed by atoms with van der Waals surface area (Å²) in [5.74, 6) is -1.04. The Kier molecular flexibility index (Phi) is 9.78. The van der Waals surface area contributed by atoms with E-state index in [2.05, 4.69) is 16.0 Å². The van der Waals surface area contributed by atoms with Crippen molar-refractivity contribution in [2.45, 2.75) is 24.0 Å². The fourth-order valence-electron chi connectivity index (χ4n) is 3.76. The topological polar surface area (TPSA) is 87.3 Å². The second kappa shape index (κ2) is 13.6. The molecule has 0 saturated heterocycles. The number of carbonyl (C=O) groups excluding carboxylic acids is 3. The molecule has 0 fully saturated rings. The van der Waals surface area contributed by atoms with Gasteiger partial charge in [-0.1, -0.05) is 66.2 Å². The standard InChI is InChI=1S/C32H28ClN3O3S/c1-21-10-6-7-17-28(21)35-30(37)22(2)40-27-16-9-15-26(20-27)34-32(39)29(19-23-11-8-14-25(33)18-23)36-31(38)24-12-4-3-5-13-24/h3-20,22H,1-2H3,(H,34,39)(H,35,37)(H,36,38)/b29-19-. The molecule has 0 saturated carbocycles. The van der Waals surface area contributed by atoms with Crippen LogP contribution in [-0.4, -0.2) is 23.0 Å². The zero-order valence-corrected chi connectivity index (χ0v) is 23.6. The maximum absolute atomic E-state index is 13.3. The van der Waals surface area contributed by atoms with Crippen molar-refractivity contribution in [2.24, 2.45) is 0 Å². The quantitative estimate of drug-likeness (QED) is 0.147. The molecule has 202 valence electrons. The number of carbonyl (C=O) groups is 3. The minimum Gasteiger partial charge on any atom is -0.325 e. The minimum absolute atomic E-state index is 0.0557. The number of rotatable bonds is 9. The lowest BCUT2D eigenvalue weighted by Crippen LogP contribution is -2.30. The molecular weight excluding hydrogens is 542 g/mol. The molecule has 1 atom stereocenters. The summed E-state index contributed by atoms with van der Waals surface area (Å²) >= 11 is 7.50. The Bertz CT molecular complexity index is 1560. The normalized spacial score (nSPS) is 11.8. The van der Waals surface area contributed by atoms with Gasteiger partial charge in [-0.3, -0.25) is 14.4 Å². The van der Waals surface area contributed by atoms with Crippen molar-refractivity contribution in [1.82, 2.24) is 5.32 Å². The maximum atomic E-state index is 13.3. The van der Waals surface area contributed by atoms with Gasteiger partial charge in [0.25, 0.3) is 11.8 Å². The lowest BCUT2D eigenvalue weighted by Gasteiger charge is -2.15. The number of para-hydroxylation sites is 1. The molecule has 0 aliphatic rings. The number of anilines is 2. The summed E-state index contributed by atoms with van der Waals surface area (Å²) in [6.07, 6.45) is 1.57. The lowest BCUT2D eigenvalue weighted by molar-refractivity contribution is -0.115. The highest BCUT2D eigenvalue weighted by atomic mass is 35.5. The number of thioether (sulfide) groups is 1. The predicted molar refractivity (Wildman–Crippen MR) is 164 cm³/mol. The molecule has 0 aromatic heterocycles. The van der Waals surface area contributed by atoms with Crippen LogP contribution in [0.3, 0.4) is 0 Å². The number of benzene rings is 4. The molecule has 6 nitrogen and oxygen atoms in total. The number of halogens is 1. The van der Waals surface area contributed by atoms with Crippen LogP contribution in [0.2, 0.25) is 5.02 Å².